The van der Waals surface area contributed by atoms with Crippen LogP contribution < -0.4 is 5.32 Å². The number of nitrogens with one attached hydrogen (secondary N) is 1. The van der Waals surface area contributed by atoms with Gasteiger partial charge in [0.1, 0.15) is 0 Å². The molecule has 5 nitrogen and oxygen atoms in total. The molecule has 0 aromatic rings. The molecule has 0 aliphatic rings. The van der Waals surface area contributed by atoms with Gasteiger partial charge in [0.2, 0.25) is 0 Å². The van der Waals surface area contributed by atoms with Gasteiger partial charge in [-0.2, -0.15) is 0 Å². The van der Waals surface area contributed by atoms with Gasteiger partial charge in [-0.1, -0.05) is 19.8 Å². The number of rotatable bonds is 10. The number of carbonyl (C=O) groups is 2. The molecule has 0 aromatic heterocycles. The van der Waals surface area contributed by atoms with E-state index in [9.17, 15) is 9.59 Å². The zero-order chi connectivity index (χ0) is 14.7. The van der Waals surface area contributed by atoms with Crippen molar-refractivity contribution >= 4 is 12.0 Å². The Morgan fingerprint density at radius 3 is 2.21 bits per heavy atom. The van der Waals surface area contributed by atoms with Gasteiger partial charge in [-0.25, -0.2) is 4.79 Å². The molecule has 1 atom stereocenters. The van der Waals surface area contributed by atoms with E-state index in [1.807, 2.05) is 13.8 Å². The highest BCUT2D eigenvalue weighted by atomic mass is 16.4. The summed E-state index contributed by atoms with van der Waals surface area (Å²) < 4.78 is 0. The summed E-state index contributed by atoms with van der Waals surface area (Å²) in [5, 5.41) is 11.6. The molecule has 1 unspecified atom stereocenters. The molecule has 19 heavy (non-hydrogen) atoms. The van der Waals surface area contributed by atoms with Crippen LogP contribution >= 0.6 is 0 Å². The molecule has 0 bridgehead atoms. The maximum absolute atomic E-state index is 11.7. The zero-order valence-corrected chi connectivity index (χ0v) is 12.4. The lowest BCUT2D eigenvalue weighted by Gasteiger charge is -2.20. The molecule has 0 aliphatic carbocycles. The first-order valence-corrected chi connectivity index (χ1v) is 7.29. The quantitative estimate of drug-likeness (QED) is 0.642. The van der Waals surface area contributed by atoms with Gasteiger partial charge in [-0.15, -0.1) is 0 Å². The van der Waals surface area contributed by atoms with Gasteiger partial charge in [0.15, 0.2) is 0 Å². The van der Waals surface area contributed by atoms with Crippen LogP contribution in [0.5, 0.6) is 0 Å². The lowest BCUT2D eigenvalue weighted by Crippen LogP contribution is -2.40. The molecule has 5 heteroatoms. The van der Waals surface area contributed by atoms with Crippen LogP contribution in [-0.4, -0.2) is 41.6 Å². The minimum absolute atomic E-state index is 0.0292. The number of hydrogen-bond acceptors (Lipinski definition) is 2. The summed E-state index contributed by atoms with van der Waals surface area (Å²) in [5.41, 5.74) is 0. The maximum Gasteiger partial charge on any atom is 0.317 e. The number of carbonyl (C=O) groups excluding carboxylic acids is 1. The molecule has 0 spiro atoms. The van der Waals surface area contributed by atoms with Crippen LogP contribution in [0.2, 0.25) is 0 Å². The number of urea groups is 1. The van der Waals surface area contributed by atoms with E-state index in [2.05, 4.69) is 12.2 Å². The number of carboxylic acids is 1. The van der Waals surface area contributed by atoms with Gasteiger partial charge in [0, 0.05) is 26.1 Å². The highest BCUT2D eigenvalue weighted by molar-refractivity contribution is 5.74. The van der Waals surface area contributed by atoms with Crippen molar-refractivity contribution in [3.63, 3.8) is 0 Å². The highest BCUT2D eigenvalue weighted by Gasteiger charge is 2.12. The highest BCUT2D eigenvalue weighted by Crippen LogP contribution is 2.17. The van der Waals surface area contributed by atoms with Gasteiger partial charge >= 0.3 is 12.0 Å². The average molecular weight is 272 g/mol. The van der Waals surface area contributed by atoms with Crippen molar-refractivity contribution in [2.45, 2.75) is 52.9 Å². The molecule has 0 heterocycles. The molecule has 112 valence electrons. The monoisotopic (exact) mass is 272 g/mol. The van der Waals surface area contributed by atoms with E-state index < -0.39 is 5.97 Å². The summed E-state index contributed by atoms with van der Waals surface area (Å²) in [6.45, 7) is 8.05. The van der Waals surface area contributed by atoms with Crippen molar-refractivity contribution < 1.29 is 14.7 Å². The van der Waals surface area contributed by atoms with E-state index in [-0.39, 0.29) is 12.5 Å². The number of aliphatic carboxylic acids is 1. The Morgan fingerprint density at radius 1 is 1.11 bits per heavy atom. The first-order valence-electron chi connectivity index (χ1n) is 7.29. The standard InChI is InChI=1S/C14H28N2O3/c1-4-7-12(8-9-13(17)18)10-11-15-14(19)16(5-2)6-3/h12H,4-11H2,1-3H3,(H,15,19)(H,17,18). The predicted octanol–water partition coefficient (Wildman–Crippen LogP) is 2.71. The molecule has 0 rings (SSSR count). The number of amides is 2. The molecule has 2 N–H and O–H groups in total. The number of hydrogen-bond donors (Lipinski definition) is 2. The van der Waals surface area contributed by atoms with Crippen molar-refractivity contribution in [1.29, 1.82) is 0 Å². The van der Waals surface area contributed by atoms with Crippen molar-refractivity contribution in [1.82, 2.24) is 10.2 Å². The molecular weight excluding hydrogens is 244 g/mol. The van der Waals surface area contributed by atoms with Gasteiger partial charge < -0.3 is 15.3 Å². The van der Waals surface area contributed by atoms with Crippen molar-refractivity contribution in [2.24, 2.45) is 5.92 Å². The molecule has 0 fully saturated rings. The largest absolute Gasteiger partial charge is 0.481 e. The molecule has 0 saturated carbocycles. The third-order valence-corrected chi connectivity index (χ3v) is 3.34. The van der Waals surface area contributed by atoms with Gasteiger partial charge in [0.05, 0.1) is 0 Å². The van der Waals surface area contributed by atoms with Crippen molar-refractivity contribution in [3.8, 4) is 0 Å². The molecule has 0 saturated heterocycles. The third-order valence-electron chi connectivity index (χ3n) is 3.34. The van der Waals surface area contributed by atoms with Gasteiger partial charge in [-0.3, -0.25) is 4.79 Å². The van der Waals surface area contributed by atoms with Crippen LogP contribution in [-0.2, 0) is 4.79 Å². The molecule has 0 radical (unpaired) electrons. The van der Waals surface area contributed by atoms with E-state index in [4.69, 9.17) is 5.11 Å². The van der Waals surface area contributed by atoms with E-state index >= 15 is 0 Å². The third kappa shape index (κ3) is 8.46. The van der Waals surface area contributed by atoms with Crippen LogP contribution in [0.3, 0.4) is 0 Å². The summed E-state index contributed by atoms with van der Waals surface area (Å²) in [5.74, 6) is -0.355. The van der Waals surface area contributed by atoms with Crippen LogP contribution in [0.4, 0.5) is 4.79 Å². The fourth-order valence-corrected chi connectivity index (χ4v) is 2.17. The molecule has 0 aromatic carbocycles. The van der Waals surface area contributed by atoms with Crippen molar-refractivity contribution in [2.75, 3.05) is 19.6 Å². The predicted molar refractivity (Wildman–Crippen MR) is 76.2 cm³/mol. The summed E-state index contributed by atoms with van der Waals surface area (Å²) in [6.07, 6.45) is 3.84. The van der Waals surface area contributed by atoms with E-state index in [0.29, 0.717) is 32.0 Å². The SMILES string of the molecule is CCCC(CCNC(=O)N(CC)CC)CCC(=O)O. The minimum Gasteiger partial charge on any atom is -0.481 e. The van der Waals surface area contributed by atoms with Gasteiger partial charge in [-0.05, 0) is 32.6 Å². The second kappa shape index (κ2) is 10.6. The summed E-state index contributed by atoms with van der Waals surface area (Å²) in [7, 11) is 0. The summed E-state index contributed by atoms with van der Waals surface area (Å²) in [4.78, 5) is 24.1. The Bertz CT molecular complexity index is 265. The Morgan fingerprint density at radius 2 is 1.74 bits per heavy atom. The topological polar surface area (TPSA) is 69.6 Å². The van der Waals surface area contributed by atoms with Crippen LogP contribution in [0.25, 0.3) is 0 Å². The first-order chi connectivity index (χ1) is 9.04. The maximum atomic E-state index is 11.7. The fraction of sp³-hybridized carbons (Fsp3) is 0.857. The number of nitrogens with zero attached hydrogens (tertiary/aromatic N) is 1. The van der Waals surface area contributed by atoms with Crippen LogP contribution in [0, 0.1) is 5.92 Å². The average Bonchev–Trinajstić information content (AvgIpc) is 2.37. The zero-order valence-electron chi connectivity index (χ0n) is 12.4. The molecule has 0 aliphatic heterocycles. The first kappa shape index (κ1) is 17.7. The fourth-order valence-electron chi connectivity index (χ4n) is 2.17. The minimum atomic E-state index is -0.742. The Hall–Kier alpha value is -1.26. The van der Waals surface area contributed by atoms with E-state index in [0.717, 1.165) is 19.3 Å². The Labute approximate surface area is 116 Å². The molecular formula is C14H28N2O3. The van der Waals surface area contributed by atoms with Gasteiger partial charge in [0.25, 0.3) is 0 Å². The van der Waals surface area contributed by atoms with Crippen molar-refractivity contribution in [3.05, 3.63) is 0 Å². The second-order valence-electron chi connectivity index (χ2n) is 4.78. The normalized spacial score (nSPS) is 11.9. The van der Waals surface area contributed by atoms with E-state index in [1.54, 1.807) is 4.90 Å². The van der Waals surface area contributed by atoms with E-state index in [1.165, 1.54) is 0 Å². The lowest BCUT2D eigenvalue weighted by atomic mass is 9.94. The Balaban J connectivity index is 3.97. The Kier molecular flexibility index (Phi) is 9.94. The number of carboxylic acid groups (broad SMARTS) is 1. The van der Waals surface area contributed by atoms with Crippen LogP contribution in [0.1, 0.15) is 52.9 Å². The smallest absolute Gasteiger partial charge is 0.317 e. The summed E-state index contributed by atoms with van der Waals surface area (Å²) >= 11 is 0. The lowest BCUT2D eigenvalue weighted by molar-refractivity contribution is -0.137. The molecule has 2 amide bonds. The summed E-state index contributed by atoms with van der Waals surface area (Å²) in [6, 6.07) is -0.0292. The van der Waals surface area contributed by atoms with Crippen LogP contribution in [0.15, 0.2) is 0 Å². The second-order valence-corrected chi connectivity index (χ2v) is 4.78.